The molecule has 2 aromatic heterocycles. The van der Waals surface area contributed by atoms with Crippen molar-refractivity contribution >= 4 is 79.6 Å². The van der Waals surface area contributed by atoms with Gasteiger partial charge in [-0.1, -0.05) is 84.9 Å². The Morgan fingerprint density at radius 3 is 0.750 bits per heavy atom. The second-order valence-corrected chi connectivity index (χ2v) is 18.3. The first kappa shape index (κ1) is 52.9. The molecule has 0 unspecified atom stereocenters. The molecule has 0 saturated carbocycles. The van der Waals surface area contributed by atoms with E-state index in [1.165, 1.54) is 85.2 Å². The zero-order valence-corrected chi connectivity index (χ0v) is 39.2. The van der Waals surface area contributed by atoms with E-state index in [0.29, 0.717) is 10.8 Å². The molecule has 8 aromatic carbocycles. The van der Waals surface area contributed by atoms with E-state index in [2.05, 4.69) is 0 Å². The Kier molecular flexibility index (Phi) is 12.4. The molecule has 12 rings (SSSR count). The fraction of sp³-hybridized carbons (Fsp3) is 0. The van der Waals surface area contributed by atoms with Crippen molar-refractivity contribution in [1.29, 1.82) is 0 Å². The summed E-state index contributed by atoms with van der Waals surface area (Å²) in [5.41, 5.74) is -7.77. The molecule has 0 fully saturated rings. The van der Waals surface area contributed by atoms with Crippen LogP contribution in [0.5, 0.6) is 0 Å². The van der Waals surface area contributed by atoms with Crippen LogP contribution in [-0.4, -0.2) is 43.5 Å². The summed E-state index contributed by atoms with van der Waals surface area (Å²) in [5.74, 6) is -50.1. The van der Waals surface area contributed by atoms with Crippen molar-refractivity contribution in [2.75, 3.05) is 0 Å². The lowest BCUT2D eigenvalue weighted by molar-refractivity contribution is -0.448. The van der Waals surface area contributed by atoms with Gasteiger partial charge >= 0.3 is 12.6 Å². The summed E-state index contributed by atoms with van der Waals surface area (Å²) in [7, 11) is 0. The van der Waals surface area contributed by atoms with Crippen LogP contribution in [0, 0.1) is 116 Å². The molecule has 0 amide bonds. The average Bonchev–Trinajstić information content (AvgIpc) is 4.29. The summed E-state index contributed by atoms with van der Waals surface area (Å²) in [6.45, 7) is 0. The highest BCUT2D eigenvalue weighted by Gasteiger charge is 2.60. The Bertz CT molecular complexity index is 3890. The maximum atomic E-state index is 15.7. The highest BCUT2D eigenvalue weighted by Crippen LogP contribution is 2.32. The number of para-hydroxylation sites is 2. The molecule has 2 aliphatic rings. The molecule has 0 saturated heterocycles. The smallest absolute Gasteiger partial charge is 0.314 e. The number of hydrogen-bond donors (Lipinski definition) is 0. The van der Waals surface area contributed by atoms with Crippen LogP contribution in [0.25, 0.3) is 21.8 Å². The van der Waals surface area contributed by atoms with Gasteiger partial charge in [0, 0.05) is 21.9 Å². The summed E-state index contributed by atoms with van der Waals surface area (Å²) in [6, 6.07) is 25.2. The van der Waals surface area contributed by atoms with Crippen molar-refractivity contribution in [3.8, 4) is 0 Å². The van der Waals surface area contributed by atoms with Gasteiger partial charge in [-0.25, -0.2) is 87.8 Å². The largest absolute Gasteiger partial charge is 0.395 e. The molecular weight excluding hydrogens is 1110 g/mol. The summed E-state index contributed by atoms with van der Waals surface area (Å²) >= 11 is 0. The van der Waals surface area contributed by atoms with E-state index in [4.69, 9.17) is 0 Å². The Balaban J connectivity index is 0.000000169. The van der Waals surface area contributed by atoms with Gasteiger partial charge in [0.05, 0.1) is 12.4 Å². The van der Waals surface area contributed by atoms with Crippen molar-refractivity contribution in [3.63, 3.8) is 0 Å². The molecule has 0 aliphatic carbocycles. The Morgan fingerprint density at radius 1 is 0.250 bits per heavy atom. The first-order chi connectivity index (χ1) is 38.1. The van der Waals surface area contributed by atoms with Crippen LogP contribution in [0.3, 0.4) is 0 Å². The third-order valence-corrected chi connectivity index (χ3v) is 14.5. The van der Waals surface area contributed by atoms with Crippen LogP contribution in [-0.2, 0) is 0 Å². The summed E-state index contributed by atoms with van der Waals surface area (Å²) in [5, 5.41) is 0.928. The van der Waals surface area contributed by atoms with E-state index in [1.807, 2.05) is 0 Å². The quantitative estimate of drug-likeness (QED) is 0.0683. The summed E-state index contributed by atoms with van der Waals surface area (Å²) in [4.78, 5) is 0. The van der Waals surface area contributed by atoms with Crippen molar-refractivity contribution < 1.29 is 97.0 Å². The topological polar surface area (TPSA) is 15.9 Å². The van der Waals surface area contributed by atoms with Gasteiger partial charge in [-0.15, -0.1) is 10.9 Å². The molecule has 26 heteroatoms. The van der Waals surface area contributed by atoms with Crippen LogP contribution in [0.15, 0.2) is 122 Å². The molecule has 0 N–H and O–H groups in total. The molecule has 10 aromatic rings. The van der Waals surface area contributed by atoms with Gasteiger partial charge < -0.3 is 9.19 Å². The van der Waals surface area contributed by atoms with Crippen LogP contribution in [0.1, 0.15) is 11.1 Å². The van der Waals surface area contributed by atoms with E-state index in [9.17, 15) is 52.7 Å². The van der Waals surface area contributed by atoms with Gasteiger partial charge in [0.1, 0.15) is 70.0 Å². The molecule has 2 aliphatic heterocycles. The molecule has 80 heavy (non-hydrogen) atoms. The maximum Gasteiger partial charge on any atom is 0.395 e. The Hall–Kier alpha value is -9.09. The lowest BCUT2D eigenvalue weighted by Crippen LogP contribution is -2.76. The molecule has 4 heterocycles. The number of benzene rings is 8. The highest BCUT2D eigenvalue weighted by molar-refractivity contribution is 7.08. The standard InChI is InChI=1S/2C27H11BF10N2/c2*29-18-16(19(30)23(34)26(37)22(18)33)28(17-20(31)24(35)27(38)25(36)21(17)32)14-7-3-1-6-13(14)11-40(28)39-10-9-12-5-2-4-8-15(12)39/h2*1-11H. The van der Waals surface area contributed by atoms with Gasteiger partial charge in [-0.3, -0.25) is 0 Å². The normalized spacial score (nSPS) is 14.1. The predicted molar refractivity (Wildman–Crippen MR) is 253 cm³/mol. The van der Waals surface area contributed by atoms with Crippen molar-refractivity contribution in [2.45, 2.75) is 0 Å². The number of rotatable bonds is 6. The zero-order chi connectivity index (χ0) is 57.3. The van der Waals surface area contributed by atoms with Crippen LogP contribution in [0.4, 0.5) is 87.8 Å². The molecule has 404 valence electrons. The van der Waals surface area contributed by atoms with Gasteiger partial charge in [0.15, 0.2) is 69.8 Å². The highest BCUT2D eigenvalue weighted by atomic mass is 19.2. The van der Waals surface area contributed by atoms with E-state index < -0.39 is 162 Å². The average molecular weight is 1130 g/mol. The number of fused-ring (bicyclic) bond motifs is 4. The maximum absolute atomic E-state index is 15.7. The molecule has 4 nitrogen and oxygen atoms in total. The van der Waals surface area contributed by atoms with Gasteiger partial charge in [-0.2, -0.15) is 9.35 Å². The fourth-order valence-electron chi connectivity index (χ4n) is 11.2. The van der Waals surface area contributed by atoms with Crippen LogP contribution >= 0.6 is 0 Å². The van der Waals surface area contributed by atoms with Crippen LogP contribution in [0.2, 0.25) is 0 Å². The fourth-order valence-corrected chi connectivity index (χ4v) is 11.2. The first-order valence-electron chi connectivity index (χ1n) is 23.0. The SMILES string of the molecule is Fc1c(F)c(F)c([B-]2(c3c(F)c(F)c(F)c(F)c3F)c3ccccc3C=[N+]2n2ccc3ccccc32)c(F)c1F.Fc1c(F)c(F)c([B-]2(c3c(F)c(F)c(F)c(F)c3F)c3ccccc3C=[N+]2n2ccc3ccccc32)c(F)c1F. The lowest BCUT2D eigenvalue weighted by atomic mass is 9.24. The minimum Gasteiger partial charge on any atom is -0.314 e. The zero-order valence-electron chi connectivity index (χ0n) is 39.2. The Morgan fingerprint density at radius 2 is 0.475 bits per heavy atom. The number of nitrogens with zero attached hydrogens (tertiary/aromatic N) is 4. The van der Waals surface area contributed by atoms with Crippen molar-refractivity contribution in [3.05, 3.63) is 249 Å². The first-order valence-corrected chi connectivity index (χ1v) is 23.0. The van der Waals surface area contributed by atoms with Gasteiger partial charge in [0.2, 0.25) is 0 Å². The minimum absolute atomic E-state index is 0.0480. The van der Waals surface area contributed by atoms with Crippen LogP contribution < -0.4 is 32.8 Å². The molecule has 0 atom stereocenters. The predicted octanol–water partition coefficient (Wildman–Crippen LogP) is 9.81. The molecule has 0 radical (unpaired) electrons. The van der Waals surface area contributed by atoms with E-state index in [-0.39, 0.29) is 22.2 Å². The second-order valence-electron chi connectivity index (χ2n) is 18.3. The molecular formula is C54H22B2F20N4. The monoisotopic (exact) mass is 1130 g/mol. The molecule has 0 spiro atoms. The van der Waals surface area contributed by atoms with Crippen molar-refractivity contribution in [2.24, 2.45) is 0 Å². The van der Waals surface area contributed by atoms with E-state index in [1.54, 1.807) is 24.3 Å². The van der Waals surface area contributed by atoms with E-state index >= 15 is 35.1 Å². The third kappa shape index (κ3) is 7.01. The number of halogens is 20. The van der Waals surface area contributed by atoms with Crippen molar-refractivity contribution in [1.82, 2.24) is 9.35 Å². The minimum atomic E-state index is -4.38. The lowest BCUT2D eigenvalue weighted by Gasteiger charge is -2.36. The number of hydrogen-bond acceptors (Lipinski definition) is 0. The number of aromatic nitrogens is 2. The summed E-state index contributed by atoms with van der Waals surface area (Å²) < 4.78 is 303. The summed E-state index contributed by atoms with van der Waals surface area (Å²) in [6.07, 6.45) is -4.13. The second kappa shape index (κ2) is 18.8. The third-order valence-electron chi connectivity index (χ3n) is 14.5. The van der Waals surface area contributed by atoms with Gasteiger partial charge in [0.25, 0.3) is 0 Å². The Labute approximate surface area is 434 Å². The van der Waals surface area contributed by atoms with E-state index in [0.717, 1.165) is 43.1 Å². The molecule has 0 bridgehead atoms. The van der Waals surface area contributed by atoms with Gasteiger partial charge in [-0.05, 0) is 46.1 Å².